The smallest absolute Gasteiger partial charge is 0.268 e. The van der Waals surface area contributed by atoms with E-state index in [9.17, 15) is 24.5 Å². The van der Waals surface area contributed by atoms with Crippen LogP contribution in [0.3, 0.4) is 0 Å². The van der Waals surface area contributed by atoms with Gasteiger partial charge in [0.15, 0.2) is 0 Å². The van der Waals surface area contributed by atoms with Crippen molar-refractivity contribution < 1.29 is 38.0 Å². The molecule has 0 spiro atoms. The summed E-state index contributed by atoms with van der Waals surface area (Å²) in [4.78, 5) is 25.2. The fourth-order valence-corrected chi connectivity index (χ4v) is 5.86. The van der Waals surface area contributed by atoms with Gasteiger partial charge in [0.1, 0.15) is 13.2 Å². The molecule has 0 rings (SSSR count). The Morgan fingerprint density at radius 2 is 1.26 bits per heavy atom. The Bertz CT molecular complexity index is 1110. The van der Waals surface area contributed by atoms with Crippen LogP contribution in [-0.2, 0) is 18.4 Å². The lowest BCUT2D eigenvalue weighted by molar-refractivity contribution is -0.870. The van der Waals surface area contributed by atoms with E-state index in [0.717, 1.165) is 51.4 Å². The van der Waals surface area contributed by atoms with Crippen LogP contribution >= 0.6 is 7.82 Å². The van der Waals surface area contributed by atoms with Crippen LogP contribution in [0.2, 0.25) is 0 Å². The van der Waals surface area contributed by atoms with Crippen molar-refractivity contribution in [3.63, 3.8) is 0 Å². The molecule has 0 aromatic rings. The Hall–Kier alpha value is -2.10. The van der Waals surface area contributed by atoms with Crippen molar-refractivity contribution in [1.82, 2.24) is 5.32 Å². The second-order valence-corrected chi connectivity index (χ2v) is 16.2. The Morgan fingerprint density at radius 3 is 1.85 bits per heavy atom. The Labute approximate surface area is 324 Å². The highest BCUT2D eigenvalue weighted by atomic mass is 31.2. The van der Waals surface area contributed by atoms with Gasteiger partial charge < -0.3 is 34.0 Å². The van der Waals surface area contributed by atoms with Gasteiger partial charge in [0.25, 0.3) is 7.82 Å². The summed E-state index contributed by atoms with van der Waals surface area (Å²) in [5.74, 6) is -0.271. The first-order valence-electron chi connectivity index (χ1n) is 20.4. The number of likely N-dealkylation sites (N-methyl/N-ethyl adjacent to an activating group) is 1. The molecule has 1 unspecified atom stereocenters. The van der Waals surface area contributed by atoms with Crippen molar-refractivity contribution in [2.45, 2.75) is 154 Å². The monoisotopic (exact) mass is 765 g/mol. The molecule has 0 saturated carbocycles. The highest BCUT2D eigenvalue weighted by Gasteiger charge is 2.23. The predicted molar refractivity (Wildman–Crippen MR) is 220 cm³/mol. The molecule has 0 aliphatic rings. The fraction of sp³-hybridized carbons (Fsp3) is 0.698. The lowest BCUT2D eigenvalue weighted by Gasteiger charge is -2.29. The van der Waals surface area contributed by atoms with Gasteiger partial charge in [0.05, 0.1) is 46.0 Å². The van der Waals surface area contributed by atoms with Crippen LogP contribution in [0.25, 0.3) is 0 Å². The molecule has 53 heavy (non-hydrogen) atoms. The number of allylic oxidation sites excluding steroid dienone is 10. The van der Waals surface area contributed by atoms with E-state index in [1.807, 2.05) is 52.4 Å². The highest BCUT2D eigenvalue weighted by Crippen LogP contribution is 2.38. The number of nitrogens with one attached hydrogen (secondary N) is 1. The van der Waals surface area contributed by atoms with Crippen LogP contribution in [0.1, 0.15) is 136 Å². The fourth-order valence-electron chi connectivity index (χ4n) is 5.14. The molecule has 0 heterocycles. The molecular formula is C43H77N2O7P. The number of phosphoric ester groups is 1. The van der Waals surface area contributed by atoms with E-state index in [0.29, 0.717) is 17.4 Å². The highest BCUT2D eigenvalue weighted by molar-refractivity contribution is 7.45. The van der Waals surface area contributed by atoms with Crippen LogP contribution in [0.5, 0.6) is 0 Å². The third-order valence-electron chi connectivity index (χ3n) is 8.58. The first kappa shape index (κ1) is 50.9. The number of carbonyl (C=O) groups excluding carboxylic acids is 1. The minimum Gasteiger partial charge on any atom is -0.756 e. The van der Waals surface area contributed by atoms with Crippen LogP contribution in [0, 0.1) is 0 Å². The number of quaternary nitrogens is 1. The van der Waals surface area contributed by atoms with Gasteiger partial charge in [0, 0.05) is 6.42 Å². The summed E-state index contributed by atoms with van der Waals surface area (Å²) in [6.07, 6.45) is 41.8. The zero-order valence-electron chi connectivity index (χ0n) is 34.0. The summed E-state index contributed by atoms with van der Waals surface area (Å²) in [6.45, 7) is 4.23. The molecule has 0 aromatic heterocycles. The average molecular weight is 765 g/mol. The Balaban J connectivity index is 4.63. The summed E-state index contributed by atoms with van der Waals surface area (Å²) >= 11 is 0. The van der Waals surface area contributed by atoms with E-state index in [1.165, 1.54) is 57.8 Å². The number of hydrogen-bond donors (Lipinski definition) is 3. The van der Waals surface area contributed by atoms with Gasteiger partial charge in [0.2, 0.25) is 5.91 Å². The van der Waals surface area contributed by atoms with E-state index in [4.69, 9.17) is 9.05 Å². The van der Waals surface area contributed by atoms with Crippen molar-refractivity contribution in [1.29, 1.82) is 0 Å². The molecule has 0 aromatic carbocycles. The third kappa shape index (κ3) is 36.6. The molecule has 4 atom stereocenters. The average Bonchev–Trinajstić information content (AvgIpc) is 3.10. The summed E-state index contributed by atoms with van der Waals surface area (Å²) < 4.78 is 23.1. The quantitative estimate of drug-likeness (QED) is 0.0193. The van der Waals surface area contributed by atoms with Gasteiger partial charge in [-0.15, -0.1) is 0 Å². The lowest BCUT2D eigenvalue weighted by Crippen LogP contribution is -2.45. The van der Waals surface area contributed by atoms with E-state index in [1.54, 1.807) is 12.2 Å². The molecule has 10 heteroatoms. The molecule has 0 saturated heterocycles. The van der Waals surface area contributed by atoms with Crippen molar-refractivity contribution in [2.75, 3.05) is 40.9 Å². The van der Waals surface area contributed by atoms with Crippen molar-refractivity contribution in [2.24, 2.45) is 0 Å². The predicted octanol–water partition coefficient (Wildman–Crippen LogP) is 9.19. The second kappa shape index (κ2) is 34.4. The molecule has 1 amide bonds. The number of rotatable bonds is 35. The molecule has 0 bridgehead atoms. The zero-order valence-corrected chi connectivity index (χ0v) is 34.9. The van der Waals surface area contributed by atoms with Gasteiger partial charge >= 0.3 is 0 Å². The molecule has 3 N–H and O–H groups in total. The maximum absolute atomic E-state index is 12.8. The molecule has 0 aliphatic heterocycles. The van der Waals surface area contributed by atoms with E-state index in [2.05, 4.69) is 48.7 Å². The normalized spacial score (nSPS) is 15.8. The molecule has 306 valence electrons. The van der Waals surface area contributed by atoms with Gasteiger partial charge in [-0.05, 0) is 51.4 Å². The molecule has 0 fully saturated rings. The summed E-state index contributed by atoms with van der Waals surface area (Å²) in [5.41, 5.74) is 0. The Kier molecular flexibility index (Phi) is 33.0. The van der Waals surface area contributed by atoms with Crippen LogP contribution in [0.15, 0.2) is 72.9 Å². The minimum absolute atomic E-state index is 0.0219. The lowest BCUT2D eigenvalue weighted by atomic mass is 10.0. The number of amides is 1. The van der Waals surface area contributed by atoms with Crippen molar-refractivity contribution >= 4 is 13.7 Å². The summed E-state index contributed by atoms with van der Waals surface area (Å²) in [7, 11) is 1.19. The van der Waals surface area contributed by atoms with Gasteiger partial charge in [-0.2, -0.15) is 0 Å². The van der Waals surface area contributed by atoms with Crippen LogP contribution in [-0.4, -0.2) is 79.8 Å². The van der Waals surface area contributed by atoms with E-state index < -0.39 is 26.6 Å². The van der Waals surface area contributed by atoms with Gasteiger partial charge in [-0.25, -0.2) is 0 Å². The maximum Gasteiger partial charge on any atom is 0.268 e. The number of carbonyl (C=O) groups is 1. The van der Waals surface area contributed by atoms with Crippen molar-refractivity contribution in [3.05, 3.63) is 72.9 Å². The van der Waals surface area contributed by atoms with E-state index >= 15 is 0 Å². The second-order valence-electron chi connectivity index (χ2n) is 14.8. The van der Waals surface area contributed by atoms with Crippen molar-refractivity contribution in [3.8, 4) is 0 Å². The number of hydrogen-bond acceptors (Lipinski definition) is 7. The van der Waals surface area contributed by atoms with Crippen LogP contribution in [0.4, 0.5) is 0 Å². The standard InChI is InChI=1S/C43H77N2O7P/c1-6-8-9-10-11-12-13-16-20-23-26-29-32-35-42(47)41(39-52-53(49,50)51-38-37-45(3,4)5)44-43(48)36-33-30-27-24-21-18-15-14-17-19-22-25-28-31-34-40(46)7-2/h15,17-19,24-25,27-28,31-32,34-35,40-42,46-47H,6-14,16,20-23,26,29-30,33,36-39H2,1-5H3,(H-,44,48,49,50)/b18-15-,19-17-,27-24-,28-25-,34-31+,35-32+/t40-,41+,42-/m1/s1. The molecule has 0 aliphatic carbocycles. The molecule has 9 nitrogen and oxygen atoms in total. The van der Waals surface area contributed by atoms with E-state index in [-0.39, 0.29) is 25.0 Å². The van der Waals surface area contributed by atoms with Gasteiger partial charge in [-0.3, -0.25) is 9.36 Å². The zero-order chi connectivity index (χ0) is 39.5. The molecular weight excluding hydrogens is 687 g/mol. The largest absolute Gasteiger partial charge is 0.756 e. The number of unbranched alkanes of at least 4 members (excludes halogenated alkanes) is 12. The number of nitrogens with zero attached hydrogens (tertiary/aromatic N) is 1. The SMILES string of the molecule is CCCCCCCCCCCCC/C=C/[C@@H](O)[C@H](COP(=O)([O-])OCC[N+](C)(C)C)NC(=O)CCC/C=C\C/C=C\C/C=C\C/C=C\C=C\[C@H](O)CC. The number of aliphatic hydroxyl groups excluding tert-OH is 2. The first-order chi connectivity index (χ1) is 25.4. The number of phosphoric acid groups is 1. The molecule has 0 radical (unpaired) electrons. The summed E-state index contributed by atoms with van der Waals surface area (Å²) in [6, 6.07) is -0.928. The van der Waals surface area contributed by atoms with Gasteiger partial charge in [-0.1, -0.05) is 151 Å². The first-order valence-corrected chi connectivity index (χ1v) is 21.9. The Morgan fingerprint density at radius 1 is 0.717 bits per heavy atom. The summed E-state index contributed by atoms with van der Waals surface area (Å²) in [5, 5.41) is 23.1. The maximum atomic E-state index is 12.8. The third-order valence-corrected chi connectivity index (χ3v) is 9.54. The topological polar surface area (TPSA) is 128 Å². The number of aliphatic hydroxyl groups is 2. The minimum atomic E-state index is -4.61. The van der Waals surface area contributed by atoms with Crippen LogP contribution < -0.4 is 10.2 Å².